The van der Waals surface area contributed by atoms with Crippen LogP contribution in [0.4, 0.5) is 0 Å². The molecule has 0 spiro atoms. The molecular weight excluding hydrogens is 270 g/mol. The number of aliphatic hydroxyl groups excluding tert-OH is 1. The SMILES string of the molecule is CC(CC(O)c1cccs1)NC1CC(C)(C)OC1(C)C. The number of ether oxygens (including phenoxy) is 1. The minimum atomic E-state index is -0.379. The Bertz CT molecular complexity index is 428. The molecule has 1 fully saturated rings. The number of aliphatic hydroxyl groups is 1. The number of thiophene rings is 1. The molecule has 1 saturated heterocycles. The van der Waals surface area contributed by atoms with Crippen molar-refractivity contribution < 1.29 is 9.84 Å². The van der Waals surface area contributed by atoms with Crippen LogP contribution in [0, 0.1) is 0 Å². The third kappa shape index (κ3) is 3.82. The van der Waals surface area contributed by atoms with Crippen LogP contribution in [-0.4, -0.2) is 28.4 Å². The quantitative estimate of drug-likeness (QED) is 0.874. The van der Waals surface area contributed by atoms with E-state index in [9.17, 15) is 5.11 Å². The fourth-order valence-corrected chi connectivity index (χ4v) is 3.89. The first-order chi connectivity index (χ1) is 9.20. The zero-order valence-corrected chi connectivity index (χ0v) is 14.0. The largest absolute Gasteiger partial charge is 0.388 e. The van der Waals surface area contributed by atoms with E-state index in [0.717, 1.165) is 17.7 Å². The first-order valence-corrected chi connectivity index (χ1v) is 8.25. The van der Waals surface area contributed by atoms with Gasteiger partial charge in [0.25, 0.3) is 0 Å². The third-order valence-electron chi connectivity index (χ3n) is 4.01. The van der Waals surface area contributed by atoms with Gasteiger partial charge in [0.05, 0.1) is 17.3 Å². The maximum atomic E-state index is 10.2. The van der Waals surface area contributed by atoms with E-state index in [2.05, 4.69) is 39.9 Å². The van der Waals surface area contributed by atoms with E-state index in [4.69, 9.17) is 4.74 Å². The number of hydrogen-bond acceptors (Lipinski definition) is 4. The van der Waals surface area contributed by atoms with Crippen molar-refractivity contribution in [3.8, 4) is 0 Å². The molecule has 3 nitrogen and oxygen atoms in total. The Hall–Kier alpha value is -0.420. The lowest BCUT2D eigenvalue weighted by atomic mass is 9.93. The lowest BCUT2D eigenvalue weighted by Crippen LogP contribution is -2.47. The molecule has 20 heavy (non-hydrogen) atoms. The van der Waals surface area contributed by atoms with Crippen molar-refractivity contribution in [3.05, 3.63) is 22.4 Å². The summed E-state index contributed by atoms with van der Waals surface area (Å²) in [5.74, 6) is 0. The van der Waals surface area contributed by atoms with Crippen LogP contribution in [-0.2, 0) is 4.74 Å². The van der Waals surface area contributed by atoms with Crippen LogP contribution in [0.2, 0.25) is 0 Å². The second-order valence-corrected chi connectivity index (χ2v) is 8.04. The van der Waals surface area contributed by atoms with Crippen molar-refractivity contribution >= 4 is 11.3 Å². The van der Waals surface area contributed by atoms with Gasteiger partial charge in [-0.15, -0.1) is 11.3 Å². The van der Waals surface area contributed by atoms with Gasteiger partial charge >= 0.3 is 0 Å². The summed E-state index contributed by atoms with van der Waals surface area (Å²) in [6.45, 7) is 10.7. The Morgan fingerprint density at radius 2 is 2.15 bits per heavy atom. The molecule has 1 aromatic rings. The molecule has 114 valence electrons. The molecule has 0 bridgehead atoms. The normalized spacial score (nSPS) is 27.4. The zero-order valence-electron chi connectivity index (χ0n) is 13.1. The molecular formula is C16H27NO2S. The highest BCUT2D eigenvalue weighted by molar-refractivity contribution is 7.10. The van der Waals surface area contributed by atoms with E-state index in [-0.39, 0.29) is 23.3 Å². The Balaban J connectivity index is 1.90. The Morgan fingerprint density at radius 1 is 1.45 bits per heavy atom. The standard InChI is InChI=1S/C16H27NO2S/c1-11(9-12(18)13-7-6-8-20-13)17-14-10-15(2,3)19-16(14,4)5/h6-8,11-12,14,17-18H,9-10H2,1-5H3. The van der Waals surface area contributed by atoms with Crippen molar-refractivity contribution in [2.24, 2.45) is 0 Å². The molecule has 2 N–H and O–H groups in total. The molecule has 2 rings (SSSR count). The van der Waals surface area contributed by atoms with Gasteiger partial charge in [0.15, 0.2) is 0 Å². The van der Waals surface area contributed by atoms with Crippen LogP contribution in [0.15, 0.2) is 17.5 Å². The van der Waals surface area contributed by atoms with E-state index < -0.39 is 0 Å². The summed E-state index contributed by atoms with van der Waals surface area (Å²) in [6.07, 6.45) is 1.35. The van der Waals surface area contributed by atoms with Crippen LogP contribution in [0.1, 0.15) is 58.4 Å². The summed E-state index contributed by atoms with van der Waals surface area (Å²) in [6, 6.07) is 4.56. The molecule has 1 aliphatic rings. The van der Waals surface area contributed by atoms with Crippen molar-refractivity contribution in [2.75, 3.05) is 0 Å². The molecule has 1 aromatic heterocycles. The summed E-state index contributed by atoms with van der Waals surface area (Å²) in [5.41, 5.74) is -0.237. The number of nitrogens with one attached hydrogen (secondary N) is 1. The lowest BCUT2D eigenvalue weighted by molar-refractivity contribution is -0.0706. The van der Waals surface area contributed by atoms with Gasteiger partial charge in [-0.1, -0.05) is 6.07 Å². The zero-order chi connectivity index (χ0) is 15.0. The van der Waals surface area contributed by atoms with Crippen molar-refractivity contribution in [1.82, 2.24) is 5.32 Å². The van der Waals surface area contributed by atoms with Crippen molar-refractivity contribution in [1.29, 1.82) is 0 Å². The third-order valence-corrected chi connectivity index (χ3v) is 4.98. The van der Waals surface area contributed by atoms with Crippen molar-refractivity contribution in [2.45, 2.75) is 76.9 Å². The van der Waals surface area contributed by atoms with Crippen LogP contribution >= 0.6 is 11.3 Å². The maximum Gasteiger partial charge on any atom is 0.0896 e. The van der Waals surface area contributed by atoms with E-state index in [1.165, 1.54) is 0 Å². The van der Waals surface area contributed by atoms with Crippen LogP contribution in [0.3, 0.4) is 0 Å². The Kier molecular flexibility index (Phi) is 4.59. The predicted molar refractivity (Wildman–Crippen MR) is 84.1 cm³/mol. The van der Waals surface area contributed by atoms with Crippen LogP contribution < -0.4 is 5.32 Å². The average molecular weight is 297 g/mol. The highest BCUT2D eigenvalue weighted by Gasteiger charge is 2.46. The fraction of sp³-hybridized carbons (Fsp3) is 0.750. The van der Waals surface area contributed by atoms with Gasteiger partial charge in [-0.25, -0.2) is 0 Å². The molecule has 4 heteroatoms. The van der Waals surface area contributed by atoms with Gasteiger partial charge in [0, 0.05) is 17.0 Å². The fourth-order valence-electron chi connectivity index (χ4n) is 3.17. The first kappa shape index (κ1) is 16.0. The van der Waals surface area contributed by atoms with E-state index >= 15 is 0 Å². The highest BCUT2D eigenvalue weighted by atomic mass is 32.1. The van der Waals surface area contributed by atoms with Gasteiger partial charge in [-0.3, -0.25) is 0 Å². The average Bonchev–Trinajstić information content (AvgIpc) is 2.84. The van der Waals surface area contributed by atoms with E-state index in [0.29, 0.717) is 6.04 Å². The molecule has 2 heterocycles. The first-order valence-electron chi connectivity index (χ1n) is 7.37. The van der Waals surface area contributed by atoms with Gasteiger partial charge in [0.2, 0.25) is 0 Å². The van der Waals surface area contributed by atoms with Crippen LogP contribution in [0.5, 0.6) is 0 Å². The Labute approximate surface area is 126 Å². The summed E-state index contributed by atoms with van der Waals surface area (Å²) < 4.78 is 6.10. The molecule has 0 aliphatic carbocycles. The lowest BCUT2D eigenvalue weighted by Gasteiger charge is -2.30. The van der Waals surface area contributed by atoms with Gasteiger partial charge in [-0.05, 0) is 58.9 Å². The topological polar surface area (TPSA) is 41.5 Å². The summed E-state index contributed by atoms with van der Waals surface area (Å²) in [7, 11) is 0. The van der Waals surface area contributed by atoms with E-state index in [1.54, 1.807) is 11.3 Å². The number of rotatable bonds is 5. The predicted octanol–water partition coefficient (Wildman–Crippen LogP) is 3.50. The summed E-state index contributed by atoms with van der Waals surface area (Å²) in [5, 5.41) is 15.9. The Morgan fingerprint density at radius 3 is 2.65 bits per heavy atom. The summed E-state index contributed by atoms with van der Waals surface area (Å²) >= 11 is 1.61. The molecule has 0 saturated carbocycles. The van der Waals surface area contributed by atoms with Gasteiger partial charge in [0.1, 0.15) is 0 Å². The smallest absolute Gasteiger partial charge is 0.0896 e. The van der Waals surface area contributed by atoms with Crippen molar-refractivity contribution in [3.63, 3.8) is 0 Å². The minimum Gasteiger partial charge on any atom is -0.388 e. The summed E-state index contributed by atoms with van der Waals surface area (Å²) in [4.78, 5) is 1.04. The van der Waals surface area contributed by atoms with E-state index in [1.807, 2.05) is 17.5 Å². The molecule has 0 amide bonds. The minimum absolute atomic E-state index is 0.0761. The second kappa shape index (κ2) is 5.76. The highest BCUT2D eigenvalue weighted by Crippen LogP contribution is 2.37. The van der Waals surface area contributed by atoms with Gasteiger partial charge < -0.3 is 15.2 Å². The molecule has 0 radical (unpaired) electrons. The van der Waals surface area contributed by atoms with Crippen LogP contribution in [0.25, 0.3) is 0 Å². The molecule has 3 unspecified atom stereocenters. The monoisotopic (exact) mass is 297 g/mol. The molecule has 0 aromatic carbocycles. The molecule has 1 aliphatic heterocycles. The molecule has 3 atom stereocenters. The number of hydrogen-bond donors (Lipinski definition) is 2. The second-order valence-electron chi connectivity index (χ2n) is 7.06. The van der Waals surface area contributed by atoms with Gasteiger partial charge in [-0.2, -0.15) is 0 Å². The maximum absolute atomic E-state index is 10.2.